The number of nitrogens with zero attached hydrogens (tertiary/aromatic N) is 2. The molecule has 2 heterocycles. The van der Waals surface area contributed by atoms with Crippen LogP contribution in [-0.2, 0) is 10.0 Å². The Hall–Kier alpha value is -1.40. The van der Waals surface area contributed by atoms with Crippen LogP contribution in [0.5, 0.6) is 0 Å². The third-order valence-corrected chi connectivity index (χ3v) is 8.74. The fraction of sp³-hybridized carbons (Fsp3) is 0.667. The van der Waals surface area contributed by atoms with Gasteiger partial charge in [0.05, 0.1) is 4.90 Å². The lowest BCUT2D eigenvalue weighted by Gasteiger charge is -2.41. The number of hydrogen-bond donors (Lipinski definition) is 0. The minimum Gasteiger partial charge on any atom is -0.338 e. The van der Waals surface area contributed by atoms with Crippen molar-refractivity contribution < 1.29 is 13.2 Å². The van der Waals surface area contributed by atoms with Gasteiger partial charge in [-0.3, -0.25) is 4.79 Å². The summed E-state index contributed by atoms with van der Waals surface area (Å²) in [7, 11) is -3.51. The largest absolute Gasteiger partial charge is 0.338 e. The van der Waals surface area contributed by atoms with Gasteiger partial charge in [-0.25, -0.2) is 8.42 Å². The molecular formula is C21H30N2O3S. The number of carbonyl (C=O) groups is 1. The average Bonchev–Trinajstić information content (AvgIpc) is 3.23. The van der Waals surface area contributed by atoms with Crippen molar-refractivity contribution in [2.24, 2.45) is 11.8 Å². The van der Waals surface area contributed by atoms with E-state index in [2.05, 4.69) is 0 Å². The molecule has 3 fully saturated rings. The van der Waals surface area contributed by atoms with Crippen molar-refractivity contribution in [1.82, 2.24) is 9.21 Å². The molecule has 1 aliphatic carbocycles. The van der Waals surface area contributed by atoms with Crippen LogP contribution in [0.2, 0.25) is 0 Å². The number of aryl methyl sites for hydroxylation is 1. The SMILES string of the molecule is Cc1ccc(C(=O)N2CC[C@@H]3CCCC[C@H]3C2)cc1S(=O)(=O)N1CCCC1. The van der Waals surface area contributed by atoms with Crippen LogP contribution in [0.4, 0.5) is 0 Å². The normalized spacial score (nSPS) is 26.8. The number of amides is 1. The Labute approximate surface area is 162 Å². The number of likely N-dealkylation sites (tertiary alicyclic amines) is 1. The predicted octanol–water partition coefficient (Wildman–Crippen LogP) is 3.43. The molecular weight excluding hydrogens is 360 g/mol. The van der Waals surface area contributed by atoms with Gasteiger partial charge in [0.15, 0.2) is 0 Å². The van der Waals surface area contributed by atoms with E-state index in [9.17, 15) is 13.2 Å². The molecule has 0 spiro atoms. The Morgan fingerprint density at radius 1 is 0.963 bits per heavy atom. The minimum absolute atomic E-state index is 0.0168. The molecule has 0 unspecified atom stereocenters. The van der Waals surface area contributed by atoms with Crippen LogP contribution in [0.1, 0.15) is 60.9 Å². The van der Waals surface area contributed by atoms with Crippen LogP contribution in [0, 0.1) is 18.8 Å². The van der Waals surface area contributed by atoms with Crippen molar-refractivity contribution in [3.8, 4) is 0 Å². The summed E-state index contributed by atoms with van der Waals surface area (Å²) < 4.78 is 27.5. The molecule has 3 aliphatic rings. The van der Waals surface area contributed by atoms with Crippen LogP contribution < -0.4 is 0 Å². The zero-order chi connectivity index (χ0) is 19.0. The zero-order valence-electron chi connectivity index (χ0n) is 16.2. The van der Waals surface area contributed by atoms with Crippen LogP contribution in [-0.4, -0.2) is 49.7 Å². The predicted molar refractivity (Wildman–Crippen MR) is 105 cm³/mol. The van der Waals surface area contributed by atoms with Crippen LogP contribution >= 0.6 is 0 Å². The van der Waals surface area contributed by atoms with E-state index in [1.54, 1.807) is 22.5 Å². The fourth-order valence-electron chi connectivity index (χ4n) is 5.05. The van der Waals surface area contributed by atoms with E-state index in [1.165, 1.54) is 25.7 Å². The van der Waals surface area contributed by atoms with Crippen molar-refractivity contribution in [2.75, 3.05) is 26.2 Å². The first-order chi connectivity index (χ1) is 13.0. The molecule has 1 aromatic carbocycles. The molecule has 0 aromatic heterocycles. The van der Waals surface area contributed by atoms with E-state index in [0.717, 1.165) is 38.3 Å². The van der Waals surface area contributed by atoms with Crippen LogP contribution in [0.3, 0.4) is 0 Å². The molecule has 0 radical (unpaired) electrons. The van der Waals surface area contributed by atoms with Crippen LogP contribution in [0.15, 0.2) is 23.1 Å². The Balaban J connectivity index is 1.56. The highest BCUT2D eigenvalue weighted by Gasteiger charge is 2.34. The summed E-state index contributed by atoms with van der Waals surface area (Å²) in [6.45, 7) is 4.59. The molecule has 1 amide bonds. The van der Waals surface area contributed by atoms with Gasteiger partial charge in [0, 0.05) is 31.7 Å². The topological polar surface area (TPSA) is 57.7 Å². The maximum Gasteiger partial charge on any atom is 0.253 e. The average molecular weight is 391 g/mol. The Kier molecular flexibility index (Phi) is 5.30. The quantitative estimate of drug-likeness (QED) is 0.794. The number of benzene rings is 1. The maximum absolute atomic E-state index is 13.1. The van der Waals surface area contributed by atoms with Gasteiger partial charge in [0.1, 0.15) is 0 Å². The monoisotopic (exact) mass is 390 g/mol. The van der Waals surface area contributed by atoms with Gasteiger partial charge in [-0.15, -0.1) is 0 Å². The Morgan fingerprint density at radius 3 is 2.41 bits per heavy atom. The highest BCUT2D eigenvalue weighted by Crippen LogP contribution is 2.36. The van der Waals surface area contributed by atoms with Gasteiger partial charge in [0.2, 0.25) is 10.0 Å². The number of hydrogen-bond acceptors (Lipinski definition) is 3. The molecule has 0 bridgehead atoms. The number of sulfonamides is 1. The van der Waals surface area contributed by atoms with Gasteiger partial charge in [-0.1, -0.05) is 25.3 Å². The van der Waals surface area contributed by atoms with Crippen molar-refractivity contribution in [2.45, 2.75) is 56.8 Å². The van der Waals surface area contributed by atoms with Gasteiger partial charge < -0.3 is 4.90 Å². The van der Waals surface area contributed by atoms with E-state index in [-0.39, 0.29) is 5.91 Å². The van der Waals surface area contributed by atoms with Crippen molar-refractivity contribution in [1.29, 1.82) is 0 Å². The summed E-state index contributed by atoms with van der Waals surface area (Å²) in [6.07, 6.45) is 8.02. The number of piperidine rings is 1. The van der Waals surface area contributed by atoms with E-state index < -0.39 is 10.0 Å². The van der Waals surface area contributed by atoms with Gasteiger partial charge in [0.25, 0.3) is 5.91 Å². The molecule has 1 aromatic rings. The maximum atomic E-state index is 13.1. The van der Waals surface area contributed by atoms with E-state index in [1.807, 2.05) is 11.8 Å². The molecule has 2 aliphatic heterocycles. The third kappa shape index (κ3) is 3.66. The summed E-state index contributed by atoms with van der Waals surface area (Å²) in [5, 5.41) is 0. The highest BCUT2D eigenvalue weighted by molar-refractivity contribution is 7.89. The second-order valence-electron chi connectivity index (χ2n) is 8.44. The molecule has 4 rings (SSSR count). The molecule has 1 saturated carbocycles. The first-order valence-corrected chi connectivity index (χ1v) is 11.8. The first-order valence-electron chi connectivity index (χ1n) is 10.4. The summed E-state index contributed by atoms with van der Waals surface area (Å²) in [6, 6.07) is 5.18. The number of rotatable bonds is 3. The third-order valence-electron chi connectivity index (χ3n) is 6.70. The lowest BCUT2D eigenvalue weighted by Crippen LogP contribution is -2.44. The fourth-order valence-corrected chi connectivity index (χ4v) is 6.81. The van der Waals surface area contributed by atoms with Gasteiger partial charge in [-0.05, 0) is 62.1 Å². The summed E-state index contributed by atoms with van der Waals surface area (Å²) in [4.78, 5) is 15.3. The van der Waals surface area contributed by atoms with E-state index in [0.29, 0.717) is 35.0 Å². The van der Waals surface area contributed by atoms with Crippen molar-refractivity contribution >= 4 is 15.9 Å². The van der Waals surface area contributed by atoms with Gasteiger partial charge in [-0.2, -0.15) is 4.31 Å². The lowest BCUT2D eigenvalue weighted by molar-refractivity contribution is 0.0520. The molecule has 2 saturated heterocycles. The highest BCUT2D eigenvalue weighted by atomic mass is 32.2. The first kappa shape index (κ1) is 18.9. The molecule has 0 N–H and O–H groups in total. The van der Waals surface area contributed by atoms with E-state index >= 15 is 0 Å². The summed E-state index contributed by atoms with van der Waals surface area (Å²) in [5.41, 5.74) is 1.22. The van der Waals surface area contributed by atoms with Crippen LogP contribution in [0.25, 0.3) is 0 Å². The molecule has 6 heteroatoms. The second-order valence-corrected chi connectivity index (χ2v) is 10.3. The van der Waals surface area contributed by atoms with Gasteiger partial charge >= 0.3 is 0 Å². The van der Waals surface area contributed by atoms with E-state index in [4.69, 9.17) is 0 Å². The zero-order valence-corrected chi connectivity index (χ0v) is 17.0. The Bertz CT molecular complexity index is 815. The summed E-state index contributed by atoms with van der Waals surface area (Å²) >= 11 is 0. The Morgan fingerprint density at radius 2 is 1.67 bits per heavy atom. The number of fused-ring (bicyclic) bond motifs is 1. The number of carbonyl (C=O) groups excluding carboxylic acids is 1. The summed E-state index contributed by atoms with van der Waals surface area (Å²) in [5.74, 6) is 1.37. The lowest BCUT2D eigenvalue weighted by atomic mass is 9.75. The smallest absolute Gasteiger partial charge is 0.253 e. The molecule has 2 atom stereocenters. The van der Waals surface area contributed by atoms with Crippen molar-refractivity contribution in [3.63, 3.8) is 0 Å². The standard InChI is InChI=1S/C21H30N2O3S/c1-16-8-9-18(14-20(16)27(25,26)23-11-4-5-12-23)21(24)22-13-10-17-6-2-3-7-19(17)15-22/h8-9,14,17,19H,2-7,10-13,15H2,1H3/t17-,19-/m0/s1. The molecule has 5 nitrogen and oxygen atoms in total. The van der Waals surface area contributed by atoms with Crippen molar-refractivity contribution in [3.05, 3.63) is 29.3 Å². The molecule has 148 valence electrons. The molecule has 27 heavy (non-hydrogen) atoms. The minimum atomic E-state index is -3.51. The second kappa shape index (κ2) is 7.55.